The van der Waals surface area contributed by atoms with Crippen molar-refractivity contribution in [3.63, 3.8) is 0 Å². The fourth-order valence-electron chi connectivity index (χ4n) is 2.45. The van der Waals surface area contributed by atoms with Gasteiger partial charge < -0.3 is 19.8 Å². The van der Waals surface area contributed by atoms with E-state index in [0.717, 1.165) is 6.42 Å². The van der Waals surface area contributed by atoms with Crippen LogP contribution in [0.1, 0.15) is 38.9 Å². The van der Waals surface area contributed by atoms with Gasteiger partial charge in [0, 0.05) is 19.0 Å². The Labute approximate surface area is 124 Å². The summed E-state index contributed by atoms with van der Waals surface area (Å²) in [6.07, 6.45) is 1.82. The van der Waals surface area contributed by atoms with E-state index in [4.69, 9.17) is 9.15 Å². The van der Waals surface area contributed by atoms with Crippen molar-refractivity contribution in [2.75, 3.05) is 13.1 Å². The second kappa shape index (κ2) is 6.20. The highest BCUT2D eigenvalue weighted by Crippen LogP contribution is 2.29. The predicted octanol–water partition coefficient (Wildman–Crippen LogP) is 2.02. The molecule has 2 amide bonds. The Morgan fingerprint density at radius 3 is 2.86 bits per heavy atom. The third-order valence-electron chi connectivity index (χ3n) is 3.35. The zero-order chi connectivity index (χ0) is 15.5. The van der Waals surface area contributed by atoms with E-state index in [0.29, 0.717) is 18.8 Å². The fourth-order valence-corrected chi connectivity index (χ4v) is 2.45. The molecule has 2 atom stereocenters. The maximum Gasteiger partial charge on any atom is 0.407 e. The zero-order valence-corrected chi connectivity index (χ0v) is 12.6. The van der Waals surface area contributed by atoms with E-state index in [1.54, 1.807) is 33.1 Å². The summed E-state index contributed by atoms with van der Waals surface area (Å²) in [4.78, 5) is 23.7. The molecule has 0 spiro atoms. The van der Waals surface area contributed by atoms with E-state index >= 15 is 0 Å². The van der Waals surface area contributed by atoms with E-state index in [1.165, 1.54) is 0 Å². The van der Waals surface area contributed by atoms with Crippen LogP contribution in [0.2, 0.25) is 0 Å². The molecule has 0 unspecified atom stereocenters. The van der Waals surface area contributed by atoms with Gasteiger partial charge in [-0.05, 0) is 39.3 Å². The summed E-state index contributed by atoms with van der Waals surface area (Å²) < 4.78 is 10.6. The molecule has 2 heterocycles. The van der Waals surface area contributed by atoms with Gasteiger partial charge in [0.25, 0.3) is 0 Å². The van der Waals surface area contributed by atoms with Gasteiger partial charge in [0.1, 0.15) is 11.4 Å². The summed E-state index contributed by atoms with van der Waals surface area (Å²) >= 11 is 0. The molecule has 1 aliphatic rings. The molecular weight excluding hydrogens is 272 g/mol. The topological polar surface area (TPSA) is 80.6 Å². The Morgan fingerprint density at radius 1 is 1.57 bits per heavy atom. The lowest BCUT2D eigenvalue weighted by atomic mass is 9.89. The highest BCUT2D eigenvalue weighted by molar-refractivity contribution is 5.81. The summed E-state index contributed by atoms with van der Waals surface area (Å²) in [5.41, 5.74) is -0.547. The minimum Gasteiger partial charge on any atom is -0.469 e. The number of hydrogen-bond acceptors (Lipinski definition) is 4. The van der Waals surface area contributed by atoms with E-state index < -0.39 is 11.7 Å². The summed E-state index contributed by atoms with van der Waals surface area (Å²) in [6.45, 7) is 6.39. The second-order valence-electron chi connectivity index (χ2n) is 6.19. The van der Waals surface area contributed by atoms with Gasteiger partial charge in [-0.3, -0.25) is 4.79 Å². The van der Waals surface area contributed by atoms with Gasteiger partial charge in [-0.25, -0.2) is 4.79 Å². The highest BCUT2D eigenvalue weighted by atomic mass is 16.6. The van der Waals surface area contributed by atoms with Gasteiger partial charge in [-0.1, -0.05) is 0 Å². The lowest BCUT2D eigenvalue weighted by Gasteiger charge is -2.23. The van der Waals surface area contributed by atoms with Crippen molar-refractivity contribution in [2.24, 2.45) is 5.92 Å². The molecule has 6 heteroatoms. The molecule has 21 heavy (non-hydrogen) atoms. The average molecular weight is 294 g/mol. The molecule has 1 aromatic heterocycles. The first-order valence-corrected chi connectivity index (χ1v) is 7.15. The van der Waals surface area contributed by atoms with Crippen molar-refractivity contribution in [1.82, 2.24) is 10.6 Å². The van der Waals surface area contributed by atoms with E-state index in [2.05, 4.69) is 10.6 Å². The first-order valence-electron chi connectivity index (χ1n) is 7.15. The maximum atomic E-state index is 11.9. The van der Waals surface area contributed by atoms with Crippen LogP contribution in [0.3, 0.4) is 0 Å². The summed E-state index contributed by atoms with van der Waals surface area (Å²) in [5.74, 6) is 0.330. The molecular formula is C15H22N2O4. The third-order valence-corrected chi connectivity index (χ3v) is 3.35. The van der Waals surface area contributed by atoms with Crippen molar-refractivity contribution >= 4 is 12.0 Å². The van der Waals surface area contributed by atoms with Gasteiger partial charge in [0.05, 0.1) is 12.2 Å². The number of hydrogen-bond donors (Lipinski definition) is 2. The molecule has 1 aromatic rings. The number of carbonyl (C=O) groups is 2. The SMILES string of the molecule is CC(C)(C)OC(=O)NC[C@@H](c1ccco1)[C@H]1CCNC1=O. The van der Waals surface area contributed by atoms with Crippen LogP contribution in [-0.4, -0.2) is 30.7 Å². The van der Waals surface area contributed by atoms with Crippen molar-refractivity contribution < 1.29 is 18.7 Å². The second-order valence-corrected chi connectivity index (χ2v) is 6.19. The smallest absolute Gasteiger partial charge is 0.407 e. The number of ether oxygens (including phenoxy) is 1. The molecule has 6 nitrogen and oxygen atoms in total. The molecule has 0 saturated carbocycles. The third kappa shape index (κ3) is 4.24. The Morgan fingerprint density at radius 2 is 2.33 bits per heavy atom. The first kappa shape index (κ1) is 15.4. The van der Waals surface area contributed by atoms with E-state index in [-0.39, 0.29) is 17.7 Å². The Kier molecular flexibility index (Phi) is 4.55. The number of nitrogens with one attached hydrogen (secondary N) is 2. The summed E-state index contributed by atoms with van der Waals surface area (Å²) in [6, 6.07) is 3.61. The fraction of sp³-hybridized carbons (Fsp3) is 0.600. The van der Waals surface area contributed by atoms with Crippen LogP contribution in [0.25, 0.3) is 0 Å². The van der Waals surface area contributed by atoms with Crippen LogP contribution in [-0.2, 0) is 9.53 Å². The van der Waals surface area contributed by atoms with Crippen LogP contribution >= 0.6 is 0 Å². The molecule has 116 valence electrons. The van der Waals surface area contributed by atoms with Crippen LogP contribution in [0.5, 0.6) is 0 Å². The van der Waals surface area contributed by atoms with Crippen LogP contribution in [0.15, 0.2) is 22.8 Å². The molecule has 0 aliphatic carbocycles. The van der Waals surface area contributed by atoms with Gasteiger partial charge >= 0.3 is 6.09 Å². The molecule has 2 rings (SSSR count). The maximum absolute atomic E-state index is 11.9. The Bertz CT molecular complexity index is 490. The molecule has 0 radical (unpaired) electrons. The van der Waals surface area contributed by atoms with Gasteiger partial charge in [-0.15, -0.1) is 0 Å². The largest absolute Gasteiger partial charge is 0.469 e. The molecule has 0 bridgehead atoms. The van der Waals surface area contributed by atoms with E-state index in [1.807, 2.05) is 6.07 Å². The number of alkyl carbamates (subject to hydrolysis) is 1. The van der Waals surface area contributed by atoms with Crippen LogP contribution < -0.4 is 10.6 Å². The van der Waals surface area contributed by atoms with Gasteiger partial charge in [-0.2, -0.15) is 0 Å². The molecule has 1 aliphatic heterocycles. The quantitative estimate of drug-likeness (QED) is 0.890. The summed E-state index contributed by atoms with van der Waals surface area (Å²) in [5, 5.41) is 5.54. The Balaban J connectivity index is 2.00. The minimum absolute atomic E-state index is 0.00221. The van der Waals surface area contributed by atoms with Crippen molar-refractivity contribution in [1.29, 1.82) is 0 Å². The summed E-state index contributed by atoms with van der Waals surface area (Å²) in [7, 11) is 0. The van der Waals surface area contributed by atoms with Crippen molar-refractivity contribution in [3.05, 3.63) is 24.2 Å². The predicted molar refractivity (Wildman–Crippen MR) is 76.8 cm³/mol. The number of carbonyl (C=O) groups excluding carboxylic acids is 2. The molecule has 0 aromatic carbocycles. The first-order chi connectivity index (χ1) is 9.87. The van der Waals surface area contributed by atoms with Gasteiger partial charge in [0.15, 0.2) is 0 Å². The minimum atomic E-state index is -0.547. The standard InChI is InChI=1S/C15H22N2O4/c1-15(2,3)21-14(19)17-9-11(12-5-4-8-20-12)10-6-7-16-13(10)18/h4-5,8,10-11H,6-7,9H2,1-3H3,(H,16,18)(H,17,19)/t10-,11-/m1/s1. The normalized spacial score (nSPS) is 20.0. The lowest BCUT2D eigenvalue weighted by molar-refractivity contribution is -0.123. The monoisotopic (exact) mass is 294 g/mol. The molecule has 1 saturated heterocycles. The number of furan rings is 1. The molecule has 1 fully saturated rings. The molecule has 2 N–H and O–H groups in total. The number of amides is 2. The van der Waals surface area contributed by atoms with Crippen LogP contribution in [0, 0.1) is 5.92 Å². The Hall–Kier alpha value is -1.98. The number of rotatable bonds is 4. The van der Waals surface area contributed by atoms with Crippen molar-refractivity contribution in [2.45, 2.75) is 38.7 Å². The lowest BCUT2D eigenvalue weighted by Crippen LogP contribution is -2.37. The average Bonchev–Trinajstić information content (AvgIpc) is 3.00. The highest BCUT2D eigenvalue weighted by Gasteiger charge is 2.35. The van der Waals surface area contributed by atoms with Crippen molar-refractivity contribution in [3.8, 4) is 0 Å². The zero-order valence-electron chi connectivity index (χ0n) is 12.6. The van der Waals surface area contributed by atoms with Gasteiger partial charge in [0.2, 0.25) is 5.91 Å². The van der Waals surface area contributed by atoms with Crippen LogP contribution in [0.4, 0.5) is 4.79 Å². The van der Waals surface area contributed by atoms with E-state index in [9.17, 15) is 9.59 Å².